The maximum atomic E-state index is 13.3. The Morgan fingerprint density at radius 3 is 2.83 bits per heavy atom. The summed E-state index contributed by atoms with van der Waals surface area (Å²) < 4.78 is 13.3. The number of carbonyl (C=O) groups is 1. The van der Waals surface area contributed by atoms with E-state index in [2.05, 4.69) is 5.32 Å². The molecule has 0 fully saturated rings. The van der Waals surface area contributed by atoms with Gasteiger partial charge < -0.3 is 11.1 Å². The van der Waals surface area contributed by atoms with Gasteiger partial charge in [0.25, 0.3) is 0 Å². The number of nitrogens with two attached hydrogens (primary N) is 1. The Morgan fingerprint density at radius 1 is 1.50 bits per heavy atom. The number of hydrogen-bond donors (Lipinski definition) is 2. The van der Waals surface area contributed by atoms with Crippen molar-refractivity contribution in [3.63, 3.8) is 0 Å². The largest absolute Gasteiger partial charge is 0.370 e. The van der Waals surface area contributed by atoms with Crippen molar-refractivity contribution in [3.8, 4) is 0 Å². The summed E-state index contributed by atoms with van der Waals surface area (Å²) >= 11 is 5.62. The first kappa shape index (κ1) is 14.9. The van der Waals surface area contributed by atoms with Crippen molar-refractivity contribution < 1.29 is 9.18 Å². The highest BCUT2D eigenvalue weighted by molar-refractivity contribution is 6.30. The fourth-order valence-corrected chi connectivity index (χ4v) is 1.76. The molecular weight excluding hydrogens is 255 g/mol. The van der Waals surface area contributed by atoms with E-state index in [4.69, 9.17) is 17.3 Å². The van der Waals surface area contributed by atoms with E-state index in [1.54, 1.807) is 12.1 Å². The average molecular weight is 273 g/mol. The molecule has 0 spiro atoms. The van der Waals surface area contributed by atoms with Crippen molar-refractivity contribution in [1.82, 2.24) is 5.32 Å². The van der Waals surface area contributed by atoms with Gasteiger partial charge in [0.1, 0.15) is 5.82 Å². The van der Waals surface area contributed by atoms with E-state index in [0.717, 1.165) is 24.9 Å². The predicted octanol–water partition coefficient (Wildman–Crippen LogP) is 2.79. The van der Waals surface area contributed by atoms with Crippen molar-refractivity contribution in [1.29, 1.82) is 0 Å². The monoisotopic (exact) mass is 272 g/mol. The summed E-state index contributed by atoms with van der Waals surface area (Å²) in [6.45, 7) is 2.72. The molecule has 3 nitrogen and oxygen atoms in total. The van der Waals surface area contributed by atoms with Crippen molar-refractivity contribution >= 4 is 17.5 Å². The number of hydrogen-bond acceptors (Lipinski definition) is 2. The van der Waals surface area contributed by atoms with Crippen LogP contribution in [0.1, 0.15) is 37.8 Å². The molecule has 1 atom stereocenters. The minimum Gasteiger partial charge on any atom is -0.370 e. The fourth-order valence-electron chi connectivity index (χ4n) is 1.64. The Balaban J connectivity index is 2.34. The van der Waals surface area contributed by atoms with E-state index in [1.807, 2.05) is 6.92 Å². The Morgan fingerprint density at radius 2 is 2.22 bits per heavy atom. The lowest BCUT2D eigenvalue weighted by atomic mass is 10.1. The van der Waals surface area contributed by atoms with Gasteiger partial charge >= 0.3 is 0 Å². The molecule has 0 aliphatic carbocycles. The second-order valence-electron chi connectivity index (χ2n) is 4.27. The summed E-state index contributed by atoms with van der Waals surface area (Å²) in [6, 6.07) is 4.83. The SMILES string of the molecule is CC(NCCCCC(N)=O)c1ccc(Cl)c(F)c1. The molecular formula is C13H18ClFN2O. The van der Waals surface area contributed by atoms with Crippen molar-refractivity contribution in [2.75, 3.05) is 6.54 Å². The third-order valence-electron chi connectivity index (χ3n) is 2.74. The van der Waals surface area contributed by atoms with Gasteiger partial charge in [-0.15, -0.1) is 0 Å². The molecule has 0 heterocycles. The van der Waals surface area contributed by atoms with Crippen molar-refractivity contribution in [3.05, 3.63) is 34.6 Å². The zero-order chi connectivity index (χ0) is 13.5. The summed E-state index contributed by atoms with van der Waals surface area (Å²) in [5.74, 6) is -0.681. The molecule has 5 heteroatoms. The van der Waals surface area contributed by atoms with Crippen LogP contribution in [-0.4, -0.2) is 12.5 Å². The fraction of sp³-hybridized carbons (Fsp3) is 0.462. The minimum absolute atomic E-state index is 0.0466. The van der Waals surface area contributed by atoms with E-state index in [0.29, 0.717) is 6.42 Å². The number of rotatable bonds is 7. The minimum atomic E-state index is -0.406. The highest BCUT2D eigenvalue weighted by atomic mass is 35.5. The van der Waals surface area contributed by atoms with E-state index < -0.39 is 5.82 Å². The number of primary amides is 1. The molecule has 1 aromatic rings. The van der Waals surface area contributed by atoms with Crippen LogP contribution in [0, 0.1) is 5.82 Å². The first-order valence-corrected chi connectivity index (χ1v) is 6.35. The number of nitrogens with one attached hydrogen (secondary N) is 1. The van der Waals surface area contributed by atoms with Crippen LogP contribution in [0.3, 0.4) is 0 Å². The van der Waals surface area contributed by atoms with Gasteiger partial charge in [0.05, 0.1) is 5.02 Å². The van der Waals surface area contributed by atoms with Crippen LogP contribution in [-0.2, 0) is 4.79 Å². The quantitative estimate of drug-likeness (QED) is 0.750. The second-order valence-corrected chi connectivity index (χ2v) is 4.68. The van der Waals surface area contributed by atoms with Gasteiger partial charge in [0.15, 0.2) is 0 Å². The molecule has 1 unspecified atom stereocenters. The van der Waals surface area contributed by atoms with Crippen LogP contribution >= 0.6 is 11.6 Å². The molecule has 0 aliphatic rings. The molecule has 1 aromatic carbocycles. The number of unbranched alkanes of at least 4 members (excludes halogenated alkanes) is 1. The highest BCUT2D eigenvalue weighted by Crippen LogP contribution is 2.19. The molecule has 0 bridgehead atoms. The topological polar surface area (TPSA) is 55.1 Å². The summed E-state index contributed by atoms with van der Waals surface area (Å²) in [5.41, 5.74) is 5.90. The second kappa shape index (κ2) is 7.34. The Kier molecular flexibility index (Phi) is 6.09. The molecule has 0 aliphatic heterocycles. The van der Waals surface area contributed by atoms with Crippen molar-refractivity contribution in [2.45, 2.75) is 32.2 Å². The van der Waals surface area contributed by atoms with Gasteiger partial charge in [0, 0.05) is 12.5 Å². The molecule has 0 saturated carbocycles. The van der Waals surface area contributed by atoms with Crippen molar-refractivity contribution in [2.24, 2.45) is 5.73 Å². The summed E-state index contributed by atoms with van der Waals surface area (Å²) in [6.07, 6.45) is 2.04. The first-order valence-electron chi connectivity index (χ1n) is 5.97. The number of halogens is 2. The maximum Gasteiger partial charge on any atom is 0.217 e. The lowest BCUT2D eigenvalue weighted by molar-refractivity contribution is -0.118. The van der Waals surface area contributed by atoms with Crippen LogP contribution < -0.4 is 11.1 Å². The van der Waals surface area contributed by atoms with Gasteiger partial charge in [-0.1, -0.05) is 17.7 Å². The summed E-state index contributed by atoms with van der Waals surface area (Å²) in [4.78, 5) is 10.5. The molecule has 3 N–H and O–H groups in total. The van der Waals surface area contributed by atoms with Crippen LogP contribution in [0.15, 0.2) is 18.2 Å². The van der Waals surface area contributed by atoms with Gasteiger partial charge in [0.2, 0.25) is 5.91 Å². The predicted molar refractivity (Wildman–Crippen MR) is 70.9 cm³/mol. The first-order chi connectivity index (χ1) is 8.50. The zero-order valence-corrected chi connectivity index (χ0v) is 11.1. The third-order valence-corrected chi connectivity index (χ3v) is 3.05. The lowest BCUT2D eigenvalue weighted by Crippen LogP contribution is -2.20. The normalized spacial score (nSPS) is 12.4. The smallest absolute Gasteiger partial charge is 0.217 e. The Labute approximate surface area is 112 Å². The molecule has 0 radical (unpaired) electrons. The molecule has 1 rings (SSSR count). The van der Waals surface area contributed by atoms with E-state index in [1.165, 1.54) is 6.07 Å². The van der Waals surface area contributed by atoms with E-state index in [-0.39, 0.29) is 17.0 Å². The van der Waals surface area contributed by atoms with Crippen LogP contribution in [0.5, 0.6) is 0 Å². The van der Waals surface area contributed by atoms with Gasteiger partial charge in [-0.2, -0.15) is 0 Å². The molecule has 0 saturated heterocycles. The van der Waals surface area contributed by atoms with E-state index in [9.17, 15) is 9.18 Å². The highest BCUT2D eigenvalue weighted by Gasteiger charge is 2.07. The molecule has 100 valence electrons. The van der Waals surface area contributed by atoms with Gasteiger partial charge in [-0.3, -0.25) is 4.79 Å². The average Bonchev–Trinajstić information content (AvgIpc) is 2.31. The Bertz CT molecular complexity index is 412. The number of benzene rings is 1. The van der Waals surface area contributed by atoms with Crippen LogP contribution in [0.4, 0.5) is 4.39 Å². The third kappa shape index (κ3) is 5.02. The zero-order valence-electron chi connectivity index (χ0n) is 10.4. The molecule has 0 aromatic heterocycles. The number of carbonyl (C=O) groups excluding carboxylic acids is 1. The van der Waals surface area contributed by atoms with Gasteiger partial charge in [-0.05, 0) is 44.0 Å². The standard InChI is InChI=1S/C13H18ClFN2O/c1-9(17-7-3-2-4-13(16)18)10-5-6-11(14)12(15)8-10/h5-6,8-9,17H,2-4,7H2,1H3,(H2,16,18). The van der Waals surface area contributed by atoms with Crippen LogP contribution in [0.2, 0.25) is 5.02 Å². The van der Waals surface area contributed by atoms with E-state index >= 15 is 0 Å². The van der Waals surface area contributed by atoms with Gasteiger partial charge in [-0.25, -0.2) is 4.39 Å². The molecule has 18 heavy (non-hydrogen) atoms. The number of amides is 1. The summed E-state index contributed by atoms with van der Waals surface area (Å²) in [7, 11) is 0. The Hall–Kier alpha value is -1.13. The lowest BCUT2D eigenvalue weighted by Gasteiger charge is -2.14. The molecule has 1 amide bonds. The summed E-state index contributed by atoms with van der Waals surface area (Å²) in [5, 5.41) is 3.39. The maximum absolute atomic E-state index is 13.3. The van der Waals surface area contributed by atoms with Crippen LogP contribution in [0.25, 0.3) is 0 Å².